The van der Waals surface area contributed by atoms with Crippen LogP contribution in [0.15, 0.2) is 40.3 Å². The van der Waals surface area contributed by atoms with Crippen LogP contribution in [0.5, 0.6) is 0 Å². The van der Waals surface area contributed by atoms with Crippen molar-refractivity contribution in [3.63, 3.8) is 0 Å². The number of hydrogen-bond acceptors (Lipinski definition) is 3. The second-order valence-corrected chi connectivity index (χ2v) is 5.30. The van der Waals surface area contributed by atoms with Gasteiger partial charge in [0.25, 0.3) is 0 Å². The molecule has 0 radical (unpaired) electrons. The Labute approximate surface area is 106 Å². The van der Waals surface area contributed by atoms with Crippen molar-refractivity contribution in [2.24, 2.45) is 12.8 Å². The van der Waals surface area contributed by atoms with Crippen molar-refractivity contribution < 1.29 is 0 Å². The van der Waals surface area contributed by atoms with Crippen molar-refractivity contribution in [3.8, 4) is 0 Å². The second-order valence-electron chi connectivity index (χ2n) is 4.21. The van der Waals surface area contributed by atoms with E-state index in [9.17, 15) is 0 Å². The summed E-state index contributed by atoms with van der Waals surface area (Å²) in [6.45, 7) is 4.00. The summed E-state index contributed by atoms with van der Waals surface area (Å²) in [6.07, 6.45) is 0. The molecule has 4 heteroatoms. The molecule has 0 saturated heterocycles. The summed E-state index contributed by atoms with van der Waals surface area (Å²) in [6, 6.07) is 10.5. The smallest absolute Gasteiger partial charge is 0.0986 e. The van der Waals surface area contributed by atoms with Crippen LogP contribution in [0.1, 0.15) is 24.2 Å². The maximum absolute atomic E-state index is 5.82. The van der Waals surface area contributed by atoms with Gasteiger partial charge in [-0.25, -0.2) is 0 Å². The topological polar surface area (TPSA) is 43.8 Å². The van der Waals surface area contributed by atoms with Crippen LogP contribution >= 0.6 is 11.8 Å². The summed E-state index contributed by atoms with van der Waals surface area (Å²) in [5.74, 6) is 0. The molecule has 0 aliphatic heterocycles. The molecule has 0 fully saturated rings. The second kappa shape index (κ2) is 4.94. The van der Waals surface area contributed by atoms with Gasteiger partial charge in [0.1, 0.15) is 0 Å². The van der Waals surface area contributed by atoms with E-state index in [4.69, 9.17) is 5.73 Å². The van der Waals surface area contributed by atoms with E-state index in [1.54, 1.807) is 11.8 Å². The molecule has 1 atom stereocenters. The minimum absolute atomic E-state index is 0.0907. The summed E-state index contributed by atoms with van der Waals surface area (Å²) in [4.78, 5) is 1.21. The average Bonchev–Trinajstić information content (AvgIpc) is 2.58. The summed E-state index contributed by atoms with van der Waals surface area (Å²) < 4.78 is 1.90. The lowest BCUT2D eigenvalue weighted by molar-refractivity contribution is 0.692. The molecular formula is C13H17N3S. The molecule has 1 heterocycles. The molecule has 0 aliphatic rings. The predicted molar refractivity (Wildman–Crippen MR) is 71.1 cm³/mol. The molecular weight excluding hydrogens is 230 g/mol. The largest absolute Gasteiger partial charge is 0.324 e. The molecule has 17 heavy (non-hydrogen) atoms. The summed E-state index contributed by atoms with van der Waals surface area (Å²) in [5.41, 5.74) is 8.03. The Bertz CT molecular complexity index is 500. The van der Waals surface area contributed by atoms with Gasteiger partial charge >= 0.3 is 0 Å². The SMILES string of the molecule is Cc1cc(Sc2ccc(C(C)N)cc2)n(C)n1. The number of benzene rings is 1. The summed E-state index contributed by atoms with van der Waals surface area (Å²) >= 11 is 1.72. The minimum atomic E-state index is 0.0907. The zero-order valence-corrected chi connectivity index (χ0v) is 11.2. The van der Waals surface area contributed by atoms with E-state index >= 15 is 0 Å². The molecule has 2 rings (SSSR count). The first kappa shape index (κ1) is 12.2. The van der Waals surface area contributed by atoms with Crippen LogP contribution in [0, 0.1) is 6.92 Å². The van der Waals surface area contributed by atoms with Crippen molar-refractivity contribution in [2.45, 2.75) is 29.8 Å². The van der Waals surface area contributed by atoms with Crippen molar-refractivity contribution in [3.05, 3.63) is 41.6 Å². The van der Waals surface area contributed by atoms with Crippen LogP contribution in [0.4, 0.5) is 0 Å². The molecule has 2 N–H and O–H groups in total. The average molecular weight is 247 g/mol. The molecule has 0 amide bonds. The Hall–Kier alpha value is -1.26. The van der Waals surface area contributed by atoms with Gasteiger partial charge in [0, 0.05) is 18.0 Å². The van der Waals surface area contributed by atoms with Gasteiger partial charge in [0.2, 0.25) is 0 Å². The van der Waals surface area contributed by atoms with Crippen LogP contribution in [0.2, 0.25) is 0 Å². The molecule has 3 nitrogen and oxygen atoms in total. The van der Waals surface area contributed by atoms with Crippen LogP contribution < -0.4 is 5.73 Å². The number of aromatic nitrogens is 2. The van der Waals surface area contributed by atoms with E-state index in [1.165, 1.54) is 4.90 Å². The minimum Gasteiger partial charge on any atom is -0.324 e. The quantitative estimate of drug-likeness (QED) is 0.907. The van der Waals surface area contributed by atoms with Crippen LogP contribution in [-0.2, 0) is 7.05 Å². The molecule has 1 aromatic heterocycles. The van der Waals surface area contributed by atoms with Gasteiger partial charge in [-0.15, -0.1) is 0 Å². The number of nitrogens with zero attached hydrogens (tertiary/aromatic N) is 2. The van der Waals surface area contributed by atoms with Gasteiger partial charge in [-0.1, -0.05) is 23.9 Å². The van der Waals surface area contributed by atoms with Crippen LogP contribution in [-0.4, -0.2) is 9.78 Å². The van der Waals surface area contributed by atoms with E-state index in [-0.39, 0.29) is 6.04 Å². The van der Waals surface area contributed by atoms with Crippen molar-refractivity contribution in [1.29, 1.82) is 0 Å². The van der Waals surface area contributed by atoms with Crippen molar-refractivity contribution >= 4 is 11.8 Å². The lowest BCUT2D eigenvalue weighted by atomic mass is 10.1. The highest BCUT2D eigenvalue weighted by atomic mass is 32.2. The number of hydrogen-bond donors (Lipinski definition) is 1. The lowest BCUT2D eigenvalue weighted by Crippen LogP contribution is -2.04. The normalized spacial score (nSPS) is 12.7. The van der Waals surface area contributed by atoms with E-state index in [1.807, 2.05) is 25.6 Å². The Morgan fingerprint density at radius 2 is 1.94 bits per heavy atom. The predicted octanol–water partition coefficient (Wildman–Crippen LogP) is 2.90. The highest BCUT2D eigenvalue weighted by molar-refractivity contribution is 7.99. The summed E-state index contributed by atoms with van der Waals surface area (Å²) in [5, 5.41) is 5.48. The molecule has 0 aliphatic carbocycles. The van der Waals surface area contributed by atoms with Gasteiger partial charge in [-0.05, 0) is 37.6 Å². The number of rotatable bonds is 3. The van der Waals surface area contributed by atoms with Crippen molar-refractivity contribution in [2.75, 3.05) is 0 Å². The fourth-order valence-electron chi connectivity index (χ4n) is 1.64. The van der Waals surface area contributed by atoms with E-state index in [2.05, 4.69) is 35.4 Å². The molecule has 0 saturated carbocycles. The first-order valence-corrected chi connectivity index (χ1v) is 6.42. The van der Waals surface area contributed by atoms with Gasteiger partial charge in [0.15, 0.2) is 0 Å². The fourth-order valence-corrected chi connectivity index (χ4v) is 2.56. The molecule has 0 bridgehead atoms. The fraction of sp³-hybridized carbons (Fsp3) is 0.308. The van der Waals surface area contributed by atoms with E-state index in [0.29, 0.717) is 0 Å². The van der Waals surface area contributed by atoms with Crippen molar-refractivity contribution in [1.82, 2.24) is 9.78 Å². The molecule has 0 spiro atoms. The third-order valence-corrected chi connectivity index (χ3v) is 3.69. The first-order chi connectivity index (χ1) is 8.06. The van der Waals surface area contributed by atoms with Gasteiger partial charge in [0.05, 0.1) is 10.7 Å². The maximum atomic E-state index is 5.82. The molecule has 2 aromatic rings. The van der Waals surface area contributed by atoms with Gasteiger partial charge in [-0.2, -0.15) is 5.10 Å². The lowest BCUT2D eigenvalue weighted by Gasteiger charge is -2.06. The number of aryl methyl sites for hydroxylation is 2. The highest BCUT2D eigenvalue weighted by Gasteiger charge is 2.05. The maximum Gasteiger partial charge on any atom is 0.0986 e. The summed E-state index contributed by atoms with van der Waals surface area (Å²) in [7, 11) is 1.96. The first-order valence-electron chi connectivity index (χ1n) is 5.60. The van der Waals surface area contributed by atoms with Gasteiger partial charge in [-0.3, -0.25) is 4.68 Å². The Morgan fingerprint density at radius 1 is 1.29 bits per heavy atom. The molecule has 90 valence electrons. The Kier molecular flexibility index (Phi) is 3.54. The third-order valence-electron chi connectivity index (χ3n) is 2.59. The monoisotopic (exact) mass is 247 g/mol. The molecule has 1 unspecified atom stereocenters. The van der Waals surface area contributed by atoms with E-state index < -0.39 is 0 Å². The number of nitrogens with two attached hydrogens (primary N) is 1. The van der Waals surface area contributed by atoms with Crippen LogP contribution in [0.3, 0.4) is 0 Å². The third kappa shape index (κ3) is 2.90. The Morgan fingerprint density at radius 3 is 2.41 bits per heavy atom. The van der Waals surface area contributed by atoms with Crippen LogP contribution in [0.25, 0.3) is 0 Å². The standard InChI is InChI=1S/C13H17N3S/c1-9-8-13(16(3)15-9)17-12-6-4-11(5-7-12)10(2)14/h4-8,10H,14H2,1-3H3. The zero-order chi connectivity index (χ0) is 12.4. The zero-order valence-electron chi connectivity index (χ0n) is 10.3. The Balaban J connectivity index is 2.16. The highest BCUT2D eigenvalue weighted by Crippen LogP contribution is 2.28. The molecule has 1 aromatic carbocycles. The van der Waals surface area contributed by atoms with Gasteiger partial charge < -0.3 is 5.73 Å². The van der Waals surface area contributed by atoms with E-state index in [0.717, 1.165) is 16.3 Å².